The first-order valence-electron chi connectivity index (χ1n) is 6.32. The van der Waals surface area contributed by atoms with Gasteiger partial charge in [0, 0.05) is 13.1 Å². The van der Waals surface area contributed by atoms with Crippen molar-refractivity contribution in [2.75, 3.05) is 13.1 Å². The van der Waals surface area contributed by atoms with Crippen LogP contribution in [0.15, 0.2) is 0 Å². The van der Waals surface area contributed by atoms with Crippen molar-refractivity contribution in [3.05, 3.63) is 0 Å². The number of nitrogens with zero attached hydrogens (tertiary/aromatic N) is 1. The van der Waals surface area contributed by atoms with E-state index in [1.54, 1.807) is 4.90 Å². The van der Waals surface area contributed by atoms with Crippen LogP contribution in [0, 0.1) is 5.92 Å². The number of rotatable bonds is 0. The molecule has 4 heteroatoms. The molecule has 0 aromatic rings. The van der Waals surface area contributed by atoms with E-state index >= 15 is 0 Å². The molecule has 1 saturated heterocycles. The summed E-state index contributed by atoms with van der Waals surface area (Å²) < 4.78 is 5.34. The van der Waals surface area contributed by atoms with Crippen molar-refractivity contribution >= 4 is 6.09 Å². The molecular formula is C13H25NO3. The number of carbonyl (C=O) groups is 1. The Hall–Kier alpha value is -0.770. The minimum Gasteiger partial charge on any atom is -0.444 e. The maximum absolute atomic E-state index is 11.9. The third-order valence-corrected chi connectivity index (χ3v) is 3.43. The zero-order valence-electron chi connectivity index (χ0n) is 11.6. The summed E-state index contributed by atoms with van der Waals surface area (Å²) in [5.41, 5.74) is -1.14. The van der Waals surface area contributed by atoms with Crippen molar-refractivity contribution in [2.24, 2.45) is 5.92 Å². The molecule has 2 atom stereocenters. The molecule has 0 saturated carbocycles. The van der Waals surface area contributed by atoms with Crippen molar-refractivity contribution in [3.8, 4) is 0 Å². The quantitative estimate of drug-likeness (QED) is 0.710. The molecule has 1 fully saturated rings. The largest absolute Gasteiger partial charge is 0.444 e. The number of aliphatic hydroxyl groups is 1. The topological polar surface area (TPSA) is 49.8 Å². The van der Waals surface area contributed by atoms with Crippen LogP contribution in [0.25, 0.3) is 0 Å². The predicted octanol–water partition coefficient (Wildman–Crippen LogP) is 2.40. The minimum atomic E-state index is -0.684. The highest BCUT2D eigenvalue weighted by Gasteiger charge is 2.34. The van der Waals surface area contributed by atoms with Crippen molar-refractivity contribution in [2.45, 2.75) is 58.7 Å². The van der Waals surface area contributed by atoms with Crippen LogP contribution in [0.1, 0.15) is 47.5 Å². The van der Waals surface area contributed by atoms with E-state index in [9.17, 15) is 9.90 Å². The van der Waals surface area contributed by atoms with Gasteiger partial charge in [-0.05, 0) is 46.5 Å². The van der Waals surface area contributed by atoms with Crippen molar-refractivity contribution in [1.29, 1.82) is 0 Å². The van der Waals surface area contributed by atoms with Gasteiger partial charge < -0.3 is 14.7 Å². The van der Waals surface area contributed by atoms with Crippen LogP contribution in [0.2, 0.25) is 0 Å². The van der Waals surface area contributed by atoms with Crippen LogP contribution in [0.4, 0.5) is 4.79 Å². The normalized spacial score (nSPS) is 30.9. The minimum absolute atomic E-state index is 0.204. The lowest BCUT2D eigenvalue weighted by molar-refractivity contribution is 0.000933. The summed E-state index contributed by atoms with van der Waals surface area (Å²) in [5.74, 6) is 0.204. The van der Waals surface area contributed by atoms with E-state index in [1.165, 1.54) is 0 Å². The molecule has 0 radical (unpaired) electrons. The number of ether oxygens (including phenoxy) is 1. The standard InChI is InChI=1S/C13H25NO3/c1-10-6-8-14(9-7-13(10,5)16)11(15)17-12(2,3)4/h10,16H,6-9H2,1-5H3/t10-,13+/m1/s1. The Balaban J connectivity index is 2.60. The number of hydrogen-bond donors (Lipinski definition) is 1. The summed E-state index contributed by atoms with van der Waals surface area (Å²) in [6, 6.07) is 0. The second-order valence-corrected chi connectivity index (χ2v) is 6.26. The van der Waals surface area contributed by atoms with Crippen molar-refractivity contribution < 1.29 is 14.6 Å². The van der Waals surface area contributed by atoms with Gasteiger partial charge >= 0.3 is 6.09 Å². The number of amides is 1. The van der Waals surface area contributed by atoms with E-state index < -0.39 is 11.2 Å². The Labute approximate surface area is 104 Å². The van der Waals surface area contributed by atoms with Gasteiger partial charge in [0.15, 0.2) is 0 Å². The maximum atomic E-state index is 11.9. The van der Waals surface area contributed by atoms with Crippen molar-refractivity contribution in [3.63, 3.8) is 0 Å². The highest BCUT2D eigenvalue weighted by Crippen LogP contribution is 2.28. The van der Waals surface area contributed by atoms with Gasteiger partial charge in [-0.25, -0.2) is 4.79 Å². The first-order valence-corrected chi connectivity index (χ1v) is 6.32. The zero-order chi connectivity index (χ0) is 13.3. The average molecular weight is 243 g/mol. The SMILES string of the molecule is C[C@@H]1CCN(C(=O)OC(C)(C)C)CC[C@]1(C)O. The fraction of sp³-hybridized carbons (Fsp3) is 0.923. The lowest BCUT2D eigenvalue weighted by Crippen LogP contribution is -2.38. The van der Waals surface area contributed by atoms with Crippen LogP contribution in [-0.4, -0.2) is 40.4 Å². The Bertz CT molecular complexity index is 281. The molecule has 1 aliphatic rings. The van der Waals surface area contributed by atoms with Gasteiger partial charge in [-0.1, -0.05) is 6.92 Å². The molecule has 0 spiro atoms. The third kappa shape index (κ3) is 4.19. The van der Waals surface area contributed by atoms with E-state index in [0.29, 0.717) is 19.5 Å². The first kappa shape index (κ1) is 14.3. The highest BCUT2D eigenvalue weighted by atomic mass is 16.6. The fourth-order valence-corrected chi connectivity index (χ4v) is 1.89. The molecule has 0 aromatic heterocycles. The molecule has 4 nitrogen and oxygen atoms in total. The van der Waals surface area contributed by atoms with Crippen LogP contribution in [-0.2, 0) is 4.74 Å². The Morgan fingerprint density at radius 2 is 2.00 bits per heavy atom. The van der Waals surface area contributed by atoms with E-state index in [4.69, 9.17) is 4.74 Å². The molecule has 1 amide bonds. The number of carbonyl (C=O) groups excluding carboxylic acids is 1. The van der Waals surface area contributed by atoms with Crippen LogP contribution in [0.5, 0.6) is 0 Å². The summed E-state index contributed by atoms with van der Waals surface area (Å²) in [6.45, 7) is 10.7. The van der Waals surface area contributed by atoms with Gasteiger partial charge in [0.25, 0.3) is 0 Å². The Kier molecular flexibility index (Phi) is 4.07. The maximum Gasteiger partial charge on any atom is 0.410 e. The van der Waals surface area contributed by atoms with Gasteiger partial charge in [-0.15, -0.1) is 0 Å². The van der Waals surface area contributed by atoms with Crippen molar-refractivity contribution in [1.82, 2.24) is 4.90 Å². The molecule has 0 unspecified atom stereocenters. The monoisotopic (exact) mass is 243 g/mol. The molecule has 1 aliphatic heterocycles. The van der Waals surface area contributed by atoms with Gasteiger partial charge in [-0.2, -0.15) is 0 Å². The molecule has 0 aromatic carbocycles. The van der Waals surface area contributed by atoms with E-state index in [0.717, 1.165) is 6.42 Å². The molecular weight excluding hydrogens is 218 g/mol. The summed E-state index contributed by atoms with van der Waals surface area (Å²) >= 11 is 0. The summed E-state index contributed by atoms with van der Waals surface area (Å²) in [4.78, 5) is 13.6. The Morgan fingerprint density at radius 3 is 2.53 bits per heavy atom. The molecule has 1 N–H and O–H groups in total. The molecule has 0 bridgehead atoms. The number of hydrogen-bond acceptors (Lipinski definition) is 3. The predicted molar refractivity (Wildman–Crippen MR) is 66.8 cm³/mol. The lowest BCUT2D eigenvalue weighted by Gasteiger charge is -2.27. The smallest absolute Gasteiger partial charge is 0.410 e. The fourth-order valence-electron chi connectivity index (χ4n) is 1.89. The first-order chi connectivity index (χ1) is 7.62. The third-order valence-electron chi connectivity index (χ3n) is 3.43. The second-order valence-electron chi connectivity index (χ2n) is 6.26. The van der Waals surface area contributed by atoms with Gasteiger partial charge in [-0.3, -0.25) is 0 Å². The van der Waals surface area contributed by atoms with Gasteiger partial charge in [0.2, 0.25) is 0 Å². The summed E-state index contributed by atoms with van der Waals surface area (Å²) in [7, 11) is 0. The second kappa shape index (κ2) is 4.84. The zero-order valence-corrected chi connectivity index (χ0v) is 11.6. The summed E-state index contributed by atoms with van der Waals surface area (Å²) in [5, 5.41) is 10.2. The van der Waals surface area contributed by atoms with Crippen LogP contribution in [0.3, 0.4) is 0 Å². The van der Waals surface area contributed by atoms with E-state index in [2.05, 4.69) is 0 Å². The van der Waals surface area contributed by atoms with E-state index in [-0.39, 0.29) is 12.0 Å². The Morgan fingerprint density at radius 1 is 1.41 bits per heavy atom. The molecule has 1 heterocycles. The average Bonchev–Trinajstić information content (AvgIpc) is 2.25. The summed E-state index contributed by atoms with van der Waals surface area (Å²) in [6.07, 6.45) is 1.14. The molecule has 0 aliphatic carbocycles. The lowest BCUT2D eigenvalue weighted by atomic mass is 9.87. The van der Waals surface area contributed by atoms with Crippen LogP contribution >= 0.6 is 0 Å². The number of likely N-dealkylation sites (tertiary alicyclic amines) is 1. The molecule has 17 heavy (non-hydrogen) atoms. The molecule has 100 valence electrons. The van der Waals surface area contributed by atoms with Gasteiger partial charge in [0.1, 0.15) is 5.60 Å². The van der Waals surface area contributed by atoms with Gasteiger partial charge in [0.05, 0.1) is 5.60 Å². The molecule has 1 rings (SSSR count). The van der Waals surface area contributed by atoms with Crippen LogP contribution < -0.4 is 0 Å². The van der Waals surface area contributed by atoms with E-state index in [1.807, 2.05) is 34.6 Å². The highest BCUT2D eigenvalue weighted by molar-refractivity contribution is 5.68.